The van der Waals surface area contributed by atoms with E-state index < -0.39 is 20.7 Å². The number of ether oxygens (including phenoxy) is 3. The van der Waals surface area contributed by atoms with Gasteiger partial charge >= 0.3 is 0 Å². The lowest BCUT2D eigenvalue weighted by Crippen LogP contribution is -2.45. The number of hydrogen-bond donors (Lipinski definition) is 0. The summed E-state index contributed by atoms with van der Waals surface area (Å²) < 4.78 is 23.6. The Morgan fingerprint density at radius 1 is 1.21 bits per heavy atom. The molecule has 0 aromatic heterocycles. The number of benzene rings is 1. The molecule has 1 aliphatic heterocycles. The normalized spacial score (nSPS) is 27.0. The average Bonchev–Trinajstić information content (AvgIpc) is 2.87. The van der Waals surface area contributed by atoms with Crippen molar-refractivity contribution in [1.82, 2.24) is 0 Å². The molecule has 1 heterocycles. The Labute approximate surface area is 143 Å². The van der Waals surface area contributed by atoms with E-state index in [9.17, 15) is 0 Å². The summed E-state index contributed by atoms with van der Waals surface area (Å²) in [4.78, 5) is 2.82. The van der Waals surface area contributed by atoms with Crippen LogP contribution in [0.15, 0.2) is 35.4 Å². The standard InChI is InChI=1S/C16H25N3O4Si/c1-20-16-15(23-24(2,3)4)14(13(22-16)10-18-19-17)21-11-12-8-6-5-7-9-12/h5-9,13-16H,10-11H2,1-4H3/t13-,14-,15-,16+/m1/s1. The minimum atomic E-state index is -1.83. The SMILES string of the molecule is CO[C@H]1O[C@H](CN=[N+]=[N-])[C@@H](OCc2ccccc2)[C@H]1O[Si](C)(C)C. The van der Waals surface area contributed by atoms with Gasteiger partial charge in [0.1, 0.15) is 12.2 Å². The zero-order chi connectivity index (χ0) is 17.6. The molecule has 0 aliphatic carbocycles. The van der Waals surface area contributed by atoms with E-state index in [4.69, 9.17) is 24.2 Å². The van der Waals surface area contributed by atoms with Crippen LogP contribution < -0.4 is 0 Å². The van der Waals surface area contributed by atoms with Gasteiger partial charge in [0.2, 0.25) is 0 Å². The third kappa shape index (κ3) is 5.30. The summed E-state index contributed by atoms with van der Waals surface area (Å²) in [6.45, 7) is 6.93. The van der Waals surface area contributed by atoms with Crippen LogP contribution in [-0.2, 0) is 25.2 Å². The monoisotopic (exact) mass is 351 g/mol. The Morgan fingerprint density at radius 2 is 1.92 bits per heavy atom. The Morgan fingerprint density at radius 3 is 2.50 bits per heavy atom. The molecule has 0 radical (unpaired) electrons. The molecule has 0 N–H and O–H groups in total. The lowest BCUT2D eigenvalue weighted by molar-refractivity contribution is -0.143. The van der Waals surface area contributed by atoms with Gasteiger partial charge in [-0.1, -0.05) is 35.4 Å². The fourth-order valence-electron chi connectivity index (χ4n) is 2.65. The van der Waals surface area contributed by atoms with E-state index in [-0.39, 0.29) is 18.8 Å². The van der Waals surface area contributed by atoms with Crippen LogP contribution in [0.25, 0.3) is 10.4 Å². The average molecular weight is 351 g/mol. The highest BCUT2D eigenvalue weighted by atomic mass is 28.4. The number of methoxy groups -OCH3 is 1. The van der Waals surface area contributed by atoms with Crippen molar-refractivity contribution < 1.29 is 18.6 Å². The van der Waals surface area contributed by atoms with Gasteiger partial charge in [0.25, 0.3) is 0 Å². The first-order chi connectivity index (χ1) is 11.4. The molecule has 0 saturated carbocycles. The Kier molecular flexibility index (Phi) is 6.79. The molecular weight excluding hydrogens is 326 g/mol. The second-order valence-corrected chi connectivity index (χ2v) is 11.1. The number of hydrogen-bond acceptors (Lipinski definition) is 5. The molecule has 1 saturated heterocycles. The summed E-state index contributed by atoms with van der Waals surface area (Å²) in [5.41, 5.74) is 9.67. The molecule has 1 aromatic rings. The third-order valence-electron chi connectivity index (χ3n) is 3.60. The molecule has 0 unspecified atom stereocenters. The Hall–Kier alpha value is -1.41. The van der Waals surface area contributed by atoms with Crippen molar-refractivity contribution in [1.29, 1.82) is 0 Å². The van der Waals surface area contributed by atoms with E-state index in [2.05, 4.69) is 29.7 Å². The largest absolute Gasteiger partial charge is 0.407 e. The predicted molar refractivity (Wildman–Crippen MR) is 92.9 cm³/mol. The second kappa shape index (κ2) is 8.62. The van der Waals surface area contributed by atoms with Crippen LogP contribution in [0, 0.1) is 0 Å². The first-order valence-electron chi connectivity index (χ1n) is 7.97. The van der Waals surface area contributed by atoms with Crippen LogP contribution >= 0.6 is 0 Å². The maximum atomic E-state index is 8.60. The highest BCUT2D eigenvalue weighted by molar-refractivity contribution is 6.69. The smallest absolute Gasteiger partial charge is 0.185 e. The van der Waals surface area contributed by atoms with Crippen molar-refractivity contribution in [3.63, 3.8) is 0 Å². The quantitative estimate of drug-likeness (QED) is 0.310. The molecule has 24 heavy (non-hydrogen) atoms. The maximum Gasteiger partial charge on any atom is 0.185 e. The molecule has 7 nitrogen and oxygen atoms in total. The summed E-state index contributed by atoms with van der Waals surface area (Å²) in [5, 5.41) is 3.63. The lowest BCUT2D eigenvalue weighted by Gasteiger charge is -2.30. The molecule has 1 fully saturated rings. The molecule has 8 heteroatoms. The van der Waals surface area contributed by atoms with E-state index in [0.29, 0.717) is 6.61 Å². The summed E-state index contributed by atoms with van der Waals surface area (Å²) in [6.07, 6.45) is -1.62. The highest BCUT2D eigenvalue weighted by Crippen LogP contribution is 2.30. The van der Waals surface area contributed by atoms with E-state index in [0.717, 1.165) is 5.56 Å². The topological polar surface area (TPSA) is 85.7 Å². The Bertz CT molecular complexity index is 560. The first kappa shape index (κ1) is 18.9. The number of rotatable bonds is 8. The van der Waals surface area contributed by atoms with Crippen LogP contribution in [0.2, 0.25) is 19.6 Å². The zero-order valence-corrected chi connectivity index (χ0v) is 15.6. The number of nitrogens with zero attached hydrogens (tertiary/aromatic N) is 3. The fraction of sp³-hybridized carbons (Fsp3) is 0.625. The van der Waals surface area contributed by atoms with Crippen molar-refractivity contribution >= 4 is 8.32 Å². The van der Waals surface area contributed by atoms with Crippen LogP contribution in [0.5, 0.6) is 0 Å². The van der Waals surface area contributed by atoms with Gasteiger partial charge in [0.15, 0.2) is 14.6 Å². The van der Waals surface area contributed by atoms with Gasteiger partial charge in [-0.25, -0.2) is 0 Å². The van der Waals surface area contributed by atoms with Crippen molar-refractivity contribution in [2.45, 2.75) is 50.8 Å². The molecule has 0 amide bonds. The zero-order valence-electron chi connectivity index (χ0n) is 14.6. The van der Waals surface area contributed by atoms with Crippen molar-refractivity contribution in [3.8, 4) is 0 Å². The van der Waals surface area contributed by atoms with Crippen LogP contribution in [0.3, 0.4) is 0 Å². The molecule has 0 spiro atoms. The van der Waals surface area contributed by atoms with Gasteiger partial charge in [-0.2, -0.15) is 0 Å². The molecule has 4 atom stereocenters. The minimum absolute atomic E-state index is 0.182. The fourth-order valence-corrected chi connectivity index (χ4v) is 3.71. The molecule has 0 bridgehead atoms. The summed E-state index contributed by atoms with van der Waals surface area (Å²) >= 11 is 0. The van der Waals surface area contributed by atoms with Gasteiger partial charge in [0, 0.05) is 12.0 Å². The van der Waals surface area contributed by atoms with Crippen molar-refractivity contribution in [2.24, 2.45) is 5.11 Å². The van der Waals surface area contributed by atoms with Crippen molar-refractivity contribution in [3.05, 3.63) is 46.3 Å². The minimum Gasteiger partial charge on any atom is -0.407 e. The van der Waals surface area contributed by atoms with E-state index in [1.54, 1.807) is 7.11 Å². The van der Waals surface area contributed by atoms with E-state index >= 15 is 0 Å². The van der Waals surface area contributed by atoms with Gasteiger partial charge in [0.05, 0.1) is 19.3 Å². The van der Waals surface area contributed by atoms with E-state index in [1.165, 1.54) is 0 Å². The molecular formula is C16H25N3O4Si. The van der Waals surface area contributed by atoms with Crippen LogP contribution in [0.1, 0.15) is 5.56 Å². The third-order valence-corrected chi connectivity index (χ3v) is 4.58. The second-order valence-electron chi connectivity index (χ2n) is 6.65. The maximum absolute atomic E-state index is 8.60. The van der Waals surface area contributed by atoms with Gasteiger partial charge in [-0.15, -0.1) is 0 Å². The van der Waals surface area contributed by atoms with Crippen molar-refractivity contribution in [2.75, 3.05) is 13.7 Å². The molecule has 132 valence electrons. The molecule has 1 aromatic carbocycles. The van der Waals surface area contributed by atoms with Gasteiger partial charge in [-0.3, -0.25) is 0 Å². The van der Waals surface area contributed by atoms with E-state index in [1.807, 2.05) is 30.3 Å². The Balaban J connectivity index is 2.14. The highest BCUT2D eigenvalue weighted by Gasteiger charge is 2.47. The lowest BCUT2D eigenvalue weighted by atomic mass is 10.1. The first-order valence-corrected chi connectivity index (χ1v) is 11.4. The summed E-state index contributed by atoms with van der Waals surface area (Å²) in [6, 6.07) is 9.90. The summed E-state index contributed by atoms with van der Waals surface area (Å²) in [5.74, 6) is 0. The van der Waals surface area contributed by atoms with Gasteiger partial charge < -0.3 is 18.6 Å². The summed E-state index contributed by atoms with van der Waals surface area (Å²) in [7, 11) is -0.256. The van der Waals surface area contributed by atoms with Crippen LogP contribution in [-0.4, -0.2) is 46.6 Å². The molecule has 2 rings (SSSR count). The predicted octanol–water partition coefficient (Wildman–Crippen LogP) is 3.47. The number of azide groups is 1. The molecule has 1 aliphatic rings. The van der Waals surface area contributed by atoms with Gasteiger partial charge in [-0.05, 0) is 30.7 Å². The van der Waals surface area contributed by atoms with Crippen LogP contribution in [0.4, 0.5) is 0 Å².